The van der Waals surface area contributed by atoms with Crippen LogP contribution in [0.3, 0.4) is 0 Å². The van der Waals surface area contributed by atoms with E-state index in [2.05, 4.69) is 15.3 Å². The Bertz CT molecular complexity index is 394. The van der Waals surface area contributed by atoms with E-state index in [-0.39, 0.29) is 0 Å². The average Bonchev–Trinajstić information content (AvgIpc) is 3.11. The summed E-state index contributed by atoms with van der Waals surface area (Å²) < 4.78 is 5.48. The van der Waals surface area contributed by atoms with Gasteiger partial charge in [-0.15, -0.1) is 0 Å². The van der Waals surface area contributed by atoms with Gasteiger partial charge in [0.1, 0.15) is 16.8 Å². The zero-order chi connectivity index (χ0) is 13.0. The number of rotatable bonds is 7. The first-order chi connectivity index (χ1) is 8.65. The number of hydrogen-bond donors (Lipinski definition) is 1. The molecule has 1 N–H and O–H groups in total. The molecule has 5 heteroatoms. The van der Waals surface area contributed by atoms with Crippen LogP contribution in [0.15, 0.2) is 6.07 Å². The molecule has 0 aliphatic heterocycles. The minimum atomic E-state index is 0.292. The van der Waals surface area contributed by atoms with E-state index >= 15 is 0 Å². The molecule has 0 amide bonds. The number of aromatic nitrogens is 2. The minimum Gasteiger partial charge on any atom is -0.379 e. The van der Waals surface area contributed by atoms with E-state index in [0.29, 0.717) is 17.2 Å². The summed E-state index contributed by atoms with van der Waals surface area (Å²) in [6.45, 7) is 5.68. The summed E-state index contributed by atoms with van der Waals surface area (Å²) in [7, 11) is 0. The van der Waals surface area contributed by atoms with E-state index in [1.54, 1.807) is 6.07 Å². The molecule has 1 aromatic rings. The maximum atomic E-state index is 5.99. The third-order valence-corrected chi connectivity index (χ3v) is 2.93. The second kappa shape index (κ2) is 6.34. The number of ether oxygens (including phenoxy) is 1. The predicted octanol–water partition coefficient (Wildman–Crippen LogP) is 3.23. The molecule has 100 valence electrons. The normalized spacial score (nSPS) is 15.1. The Hall–Kier alpha value is -0.870. The monoisotopic (exact) mass is 269 g/mol. The third-order valence-electron chi connectivity index (χ3n) is 2.73. The molecular formula is C13H20ClN3O. The Labute approximate surface area is 113 Å². The van der Waals surface area contributed by atoms with Crippen LogP contribution in [0.1, 0.15) is 44.9 Å². The van der Waals surface area contributed by atoms with Crippen molar-refractivity contribution in [2.24, 2.45) is 0 Å². The molecule has 0 unspecified atom stereocenters. The van der Waals surface area contributed by atoms with Gasteiger partial charge in [0.05, 0.1) is 6.10 Å². The van der Waals surface area contributed by atoms with Gasteiger partial charge in [-0.3, -0.25) is 0 Å². The van der Waals surface area contributed by atoms with Crippen LogP contribution < -0.4 is 5.32 Å². The fourth-order valence-electron chi connectivity index (χ4n) is 1.66. The SMILES string of the molecule is CC(C)OCCCNc1cc(Cl)nc(C2CC2)n1. The fraction of sp³-hybridized carbons (Fsp3) is 0.692. The lowest BCUT2D eigenvalue weighted by Gasteiger charge is -2.09. The van der Waals surface area contributed by atoms with E-state index in [4.69, 9.17) is 16.3 Å². The number of nitrogens with zero attached hydrogens (tertiary/aromatic N) is 2. The number of halogens is 1. The highest BCUT2D eigenvalue weighted by atomic mass is 35.5. The van der Waals surface area contributed by atoms with Gasteiger partial charge in [0.25, 0.3) is 0 Å². The van der Waals surface area contributed by atoms with Crippen molar-refractivity contribution in [1.29, 1.82) is 0 Å². The topological polar surface area (TPSA) is 47.0 Å². The number of nitrogens with one attached hydrogen (secondary N) is 1. The molecule has 1 aliphatic rings. The maximum absolute atomic E-state index is 5.99. The summed E-state index contributed by atoms with van der Waals surface area (Å²) in [5, 5.41) is 3.79. The number of anilines is 1. The van der Waals surface area contributed by atoms with E-state index in [0.717, 1.165) is 31.2 Å². The lowest BCUT2D eigenvalue weighted by Crippen LogP contribution is -2.10. The van der Waals surface area contributed by atoms with Gasteiger partial charge in [0.2, 0.25) is 0 Å². The van der Waals surface area contributed by atoms with Crippen molar-refractivity contribution in [2.45, 2.75) is 45.1 Å². The van der Waals surface area contributed by atoms with Crippen molar-refractivity contribution in [2.75, 3.05) is 18.5 Å². The van der Waals surface area contributed by atoms with Gasteiger partial charge in [-0.1, -0.05) is 11.6 Å². The van der Waals surface area contributed by atoms with Gasteiger partial charge < -0.3 is 10.1 Å². The predicted molar refractivity (Wildman–Crippen MR) is 73.2 cm³/mol. The Morgan fingerprint density at radius 2 is 2.22 bits per heavy atom. The zero-order valence-electron chi connectivity index (χ0n) is 10.9. The molecule has 1 heterocycles. The first kappa shape index (κ1) is 13.6. The standard InChI is InChI=1S/C13H20ClN3O/c1-9(2)18-7-3-6-15-12-8-11(14)16-13(17-12)10-4-5-10/h8-10H,3-7H2,1-2H3,(H,15,16,17). The second-order valence-corrected chi connectivity index (χ2v) is 5.30. The average molecular weight is 270 g/mol. The molecule has 1 saturated carbocycles. The van der Waals surface area contributed by atoms with Gasteiger partial charge in [0, 0.05) is 25.1 Å². The maximum Gasteiger partial charge on any atom is 0.135 e. The summed E-state index contributed by atoms with van der Waals surface area (Å²) >= 11 is 5.99. The molecule has 1 aromatic heterocycles. The zero-order valence-corrected chi connectivity index (χ0v) is 11.7. The number of hydrogen-bond acceptors (Lipinski definition) is 4. The van der Waals surface area contributed by atoms with E-state index in [1.807, 2.05) is 13.8 Å². The van der Waals surface area contributed by atoms with E-state index < -0.39 is 0 Å². The quantitative estimate of drug-likeness (QED) is 0.610. The molecule has 0 spiro atoms. The van der Waals surface area contributed by atoms with Crippen LogP contribution in [-0.2, 0) is 4.74 Å². The summed E-state index contributed by atoms with van der Waals surface area (Å²) in [5.74, 6) is 2.22. The Morgan fingerprint density at radius 1 is 1.44 bits per heavy atom. The van der Waals surface area contributed by atoms with Gasteiger partial charge in [-0.05, 0) is 33.1 Å². The van der Waals surface area contributed by atoms with Crippen LogP contribution in [0.25, 0.3) is 0 Å². The third kappa shape index (κ3) is 4.42. The summed E-state index contributed by atoms with van der Waals surface area (Å²) in [4.78, 5) is 8.73. The highest BCUT2D eigenvalue weighted by Crippen LogP contribution is 2.38. The largest absolute Gasteiger partial charge is 0.379 e. The molecule has 0 atom stereocenters. The summed E-state index contributed by atoms with van der Waals surface area (Å²) in [6.07, 6.45) is 3.61. The van der Waals surface area contributed by atoms with Crippen LogP contribution in [0.4, 0.5) is 5.82 Å². The van der Waals surface area contributed by atoms with Crippen molar-refractivity contribution in [1.82, 2.24) is 9.97 Å². The lowest BCUT2D eigenvalue weighted by atomic mass is 10.4. The van der Waals surface area contributed by atoms with E-state index in [9.17, 15) is 0 Å². The van der Waals surface area contributed by atoms with Crippen LogP contribution in [0, 0.1) is 0 Å². The van der Waals surface area contributed by atoms with Crippen molar-refractivity contribution in [3.8, 4) is 0 Å². The minimum absolute atomic E-state index is 0.292. The first-order valence-corrected chi connectivity index (χ1v) is 6.93. The van der Waals surface area contributed by atoms with Crippen LogP contribution >= 0.6 is 11.6 Å². The Morgan fingerprint density at radius 3 is 2.89 bits per heavy atom. The second-order valence-electron chi connectivity index (χ2n) is 4.91. The highest BCUT2D eigenvalue weighted by molar-refractivity contribution is 6.29. The van der Waals surface area contributed by atoms with Crippen LogP contribution in [0.5, 0.6) is 0 Å². The smallest absolute Gasteiger partial charge is 0.135 e. The van der Waals surface area contributed by atoms with Crippen LogP contribution in [0.2, 0.25) is 5.15 Å². The van der Waals surface area contributed by atoms with Crippen molar-refractivity contribution < 1.29 is 4.74 Å². The molecule has 1 aliphatic carbocycles. The van der Waals surface area contributed by atoms with Crippen molar-refractivity contribution in [3.05, 3.63) is 17.0 Å². The van der Waals surface area contributed by atoms with Crippen LogP contribution in [-0.4, -0.2) is 29.2 Å². The van der Waals surface area contributed by atoms with E-state index in [1.165, 1.54) is 12.8 Å². The molecule has 18 heavy (non-hydrogen) atoms. The molecule has 2 rings (SSSR count). The summed E-state index contributed by atoms with van der Waals surface area (Å²) in [5.41, 5.74) is 0. The first-order valence-electron chi connectivity index (χ1n) is 6.55. The fourth-order valence-corrected chi connectivity index (χ4v) is 1.85. The lowest BCUT2D eigenvalue weighted by molar-refractivity contribution is 0.0787. The Kier molecular flexibility index (Phi) is 4.78. The molecule has 0 bridgehead atoms. The van der Waals surface area contributed by atoms with Gasteiger partial charge in [-0.25, -0.2) is 9.97 Å². The highest BCUT2D eigenvalue weighted by Gasteiger charge is 2.27. The molecule has 1 fully saturated rings. The molecule has 4 nitrogen and oxygen atoms in total. The molecular weight excluding hydrogens is 250 g/mol. The van der Waals surface area contributed by atoms with Gasteiger partial charge in [0.15, 0.2) is 0 Å². The Balaban J connectivity index is 1.78. The molecule has 0 saturated heterocycles. The van der Waals surface area contributed by atoms with Crippen molar-refractivity contribution >= 4 is 17.4 Å². The van der Waals surface area contributed by atoms with Gasteiger partial charge in [-0.2, -0.15) is 0 Å². The van der Waals surface area contributed by atoms with Crippen molar-refractivity contribution in [3.63, 3.8) is 0 Å². The molecule has 0 aromatic carbocycles. The summed E-state index contributed by atoms with van der Waals surface area (Å²) in [6, 6.07) is 1.77. The van der Waals surface area contributed by atoms with Gasteiger partial charge >= 0.3 is 0 Å². The molecule has 0 radical (unpaired) electrons.